The Morgan fingerprint density at radius 3 is 2.78 bits per heavy atom. The smallest absolute Gasteiger partial charge is 0.127 e. The number of nitrogens with zero attached hydrogens (tertiary/aromatic N) is 2. The van der Waals surface area contributed by atoms with Crippen LogP contribution in [0.1, 0.15) is 45.1 Å². The minimum atomic E-state index is 0.403. The highest BCUT2D eigenvalue weighted by Gasteiger charge is 2.29. The van der Waals surface area contributed by atoms with Gasteiger partial charge in [-0.25, -0.2) is 4.98 Å². The van der Waals surface area contributed by atoms with Gasteiger partial charge >= 0.3 is 0 Å². The molecule has 0 aliphatic carbocycles. The van der Waals surface area contributed by atoms with E-state index in [0.717, 1.165) is 12.1 Å². The molecule has 0 amide bonds. The molecule has 2 unspecified atom stereocenters. The Hall–Kier alpha value is -1.35. The highest BCUT2D eigenvalue weighted by molar-refractivity contribution is 5.76. The number of imidazole rings is 1. The second-order valence-corrected chi connectivity index (χ2v) is 5.62. The van der Waals surface area contributed by atoms with E-state index in [-0.39, 0.29) is 0 Å². The zero-order valence-electron chi connectivity index (χ0n) is 11.4. The minimum Gasteiger partial charge on any atom is -0.324 e. The van der Waals surface area contributed by atoms with Crippen LogP contribution in [0, 0.1) is 5.92 Å². The van der Waals surface area contributed by atoms with E-state index < -0.39 is 0 Å². The van der Waals surface area contributed by atoms with Crippen molar-refractivity contribution in [2.75, 3.05) is 6.54 Å². The fraction of sp³-hybridized carbons (Fsp3) is 0.533. The van der Waals surface area contributed by atoms with E-state index in [9.17, 15) is 0 Å². The fourth-order valence-corrected chi connectivity index (χ4v) is 3.01. The maximum Gasteiger partial charge on any atom is 0.127 e. The number of aromatic nitrogens is 2. The van der Waals surface area contributed by atoms with Gasteiger partial charge in [-0.3, -0.25) is 0 Å². The summed E-state index contributed by atoms with van der Waals surface area (Å²) in [5.74, 6) is 1.87. The number of nitrogens with one attached hydrogen (secondary N) is 1. The molecule has 2 atom stereocenters. The summed E-state index contributed by atoms with van der Waals surface area (Å²) in [5, 5.41) is 3.60. The first-order valence-electron chi connectivity index (χ1n) is 6.88. The topological polar surface area (TPSA) is 29.9 Å². The Kier molecular flexibility index (Phi) is 2.86. The SMILES string of the molecule is CC1CCNC1c1nc2ccccc2n1C(C)C. The fourth-order valence-electron chi connectivity index (χ4n) is 3.01. The second-order valence-electron chi connectivity index (χ2n) is 5.62. The Balaban J connectivity index is 2.18. The molecule has 2 aromatic rings. The van der Waals surface area contributed by atoms with Crippen LogP contribution in [0.5, 0.6) is 0 Å². The van der Waals surface area contributed by atoms with E-state index >= 15 is 0 Å². The standard InChI is InChI=1S/C15H21N3/c1-10(2)18-13-7-5-4-6-12(13)17-15(18)14-11(3)8-9-16-14/h4-7,10-11,14,16H,8-9H2,1-3H3. The molecule has 1 N–H and O–H groups in total. The van der Waals surface area contributed by atoms with Crippen molar-refractivity contribution in [2.24, 2.45) is 5.92 Å². The van der Waals surface area contributed by atoms with E-state index in [0.29, 0.717) is 18.0 Å². The van der Waals surface area contributed by atoms with E-state index in [4.69, 9.17) is 4.98 Å². The first kappa shape index (κ1) is 11.7. The highest BCUT2D eigenvalue weighted by Crippen LogP contribution is 2.32. The van der Waals surface area contributed by atoms with Gasteiger partial charge in [0, 0.05) is 6.04 Å². The second kappa shape index (κ2) is 4.39. The molecule has 2 heterocycles. The van der Waals surface area contributed by atoms with Crippen molar-refractivity contribution < 1.29 is 0 Å². The molecule has 0 bridgehead atoms. The molecule has 1 aromatic carbocycles. The molecule has 3 rings (SSSR count). The molecule has 18 heavy (non-hydrogen) atoms. The van der Waals surface area contributed by atoms with Crippen molar-refractivity contribution in [3.8, 4) is 0 Å². The summed E-state index contributed by atoms with van der Waals surface area (Å²) in [4.78, 5) is 4.87. The van der Waals surface area contributed by atoms with Crippen LogP contribution < -0.4 is 5.32 Å². The van der Waals surface area contributed by atoms with Crippen molar-refractivity contribution in [1.82, 2.24) is 14.9 Å². The molecule has 1 saturated heterocycles. The van der Waals surface area contributed by atoms with Gasteiger partial charge in [0.25, 0.3) is 0 Å². The quantitative estimate of drug-likeness (QED) is 0.877. The van der Waals surface area contributed by atoms with Gasteiger partial charge in [0.05, 0.1) is 17.1 Å². The summed E-state index contributed by atoms with van der Waals surface area (Å²) in [6.45, 7) is 7.89. The van der Waals surface area contributed by atoms with Gasteiger partial charge in [0.2, 0.25) is 0 Å². The largest absolute Gasteiger partial charge is 0.324 e. The lowest BCUT2D eigenvalue weighted by Crippen LogP contribution is -2.22. The van der Waals surface area contributed by atoms with Crippen LogP contribution in [-0.2, 0) is 0 Å². The van der Waals surface area contributed by atoms with E-state index in [1.807, 2.05) is 0 Å². The van der Waals surface area contributed by atoms with Gasteiger partial charge < -0.3 is 9.88 Å². The van der Waals surface area contributed by atoms with Crippen LogP contribution in [-0.4, -0.2) is 16.1 Å². The summed E-state index contributed by atoms with van der Waals surface area (Å²) in [6, 6.07) is 9.29. The average molecular weight is 243 g/mol. The molecule has 1 fully saturated rings. The van der Waals surface area contributed by atoms with Crippen molar-refractivity contribution >= 4 is 11.0 Å². The zero-order chi connectivity index (χ0) is 12.7. The normalized spacial score (nSPS) is 24.2. The van der Waals surface area contributed by atoms with Crippen LogP contribution >= 0.6 is 0 Å². The molecular weight excluding hydrogens is 222 g/mol. The maximum absolute atomic E-state index is 4.87. The number of rotatable bonds is 2. The predicted molar refractivity (Wildman–Crippen MR) is 74.6 cm³/mol. The van der Waals surface area contributed by atoms with E-state index in [2.05, 4.69) is 54.9 Å². The zero-order valence-corrected chi connectivity index (χ0v) is 11.4. The molecule has 0 saturated carbocycles. The van der Waals surface area contributed by atoms with Gasteiger partial charge in [-0.05, 0) is 44.9 Å². The third-order valence-electron chi connectivity index (χ3n) is 3.95. The van der Waals surface area contributed by atoms with Crippen molar-refractivity contribution in [3.63, 3.8) is 0 Å². The minimum absolute atomic E-state index is 0.403. The summed E-state index contributed by atoms with van der Waals surface area (Å²) in [7, 11) is 0. The third kappa shape index (κ3) is 1.74. The van der Waals surface area contributed by atoms with Gasteiger partial charge in [0.15, 0.2) is 0 Å². The summed E-state index contributed by atoms with van der Waals surface area (Å²) in [6.07, 6.45) is 1.24. The summed E-state index contributed by atoms with van der Waals surface area (Å²) in [5.41, 5.74) is 2.37. The number of hydrogen-bond acceptors (Lipinski definition) is 2. The van der Waals surface area contributed by atoms with Crippen LogP contribution in [0.3, 0.4) is 0 Å². The van der Waals surface area contributed by atoms with Crippen LogP contribution in [0.25, 0.3) is 11.0 Å². The van der Waals surface area contributed by atoms with Crippen LogP contribution in [0.4, 0.5) is 0 Å². The third-order valence-corrected chi connectivity index (χ3v) is 3.95. The van der Waals surface area contributed by atoms with Crippen molar-refractivity contribution in [2.45, 2.75) is 39.3 Å². The molecular formula is C15H21N3. The van der Waals surface area contributed by atoms with Gasteiger partial charge in [-0.2, -0.15) is 0 Å². The van der Waals surface area contributed by atoms with Gasteiger partial charge in [0.1, 0.15) is 5.82 Å². The molecule has 3 heteroatoms. The number of para-hydroxylation sites is 2. The summed E-state index contributed by atoms with van der Waals surface area (Å²) < 4.78 is 2.38. The number of benzene rings is 1. The van der Waals surface area contributed by atoms with Gasteiger partial charge in [-0.1, -0.05) is 19.1 Å². The van der Waals surface area contributed by atoms with Crippen molar-refractivity contribution in [1.29, 1.82) is 0 Å². The van der Waals surface area contributed by atoms with Crippen LogP contribution in [0.2, 0.25) is 0 Å². The predicted octanol–water partition coefficient (Wildman–Crippen LogP) is 3.29. The van der Waals surface area contributed by atoms with Gasteiger partial charge in [-0.15, -0.1) is 0 Å². The molecule has 1 aliphatic heterocycles. The molecule has 1 aliphatic rings. The van der Waals surface area contributed by atoms with E-state index in [1.165, 1.54) is 17.8 Å². The van der Waals surface area contributed by atoms with Crippen molar-refractivity contribution in [3.05, 3.63) is 30.1 Å². The Labute approximate surface area is 108 Å². The lowest BCUT2D eigenvalue weighted by Gasteiger charge is -2.20. The lowest BCUT2D eigenvalue weighted by atomic mass is 10.0. The monoisotopic (exact) mass is 243 g/mol. The first-order valence-corrected chi connectivity index (χ1v) is 6.88. The number of hydrogen-bond donors (Lipinski definition) is 1. The summed E-state index contributed by atoms with van der Waals surface area (Å²) >= 11 is 0. The Morgan fingerprint density at radius 2 is 2.11 bits per heavy atom. The average Bonchev–Trinajstić information content (AvgIpc) is 2.91. The highest BCUT2D eigenvalue weighted by atomic mass is 15.2. The van der Waals surface area contributed by atoms with E-state index in [1.54, 1.807) is 0 Å². The Bertz CT molecular complexity index is 556. The maximum atomic E-state index is 4.87. The lowest BCUT2D eigenvalue weighted by molar-refractivity contribution is 0.444. The Morgan fingerprint density at radius 1 is 1.33 bits per heavy atom. The van der Waals surface area contributed by atoms with Crippen LogP contribution in [0.15, 0.2) is 24.3 Å². The molecule has 0 spiro atoms. The first-order chi connectivity index (χ1) is 8.68. The molecule has 3 nitrogen and oxygen atoms in total. The molecule has 1 aromatic heterocycles. The molecule has 0 radical (unpaired) electrons. The molecule has 96 valence electrons. The number of fused-ring (bicyclic) bond motifs is 1.